The molecule has 1 aromatic heterocycles. The standard InChI is InChI=1S/C11H9NO3/c1-15-9-4-2-3-7-5-8(11(13)14)6-12-10(7)9/h2-6H,1H3,(H,13,14)/p-1. The van der Waals surface area contributed by atoms with E-state index in [2.05, 4.69) is 4.98 Å². The van der Waals surface area contributed by atoms with Crippen LogP contribution in [0.3, 0.4) is 0 Å². The highest BCUT2D eigenvalue weighted by Crippen LogP contribution is 2.23. The van der Waals surface area contributed by atoms with Gasteiger partial charge in [-0.3, -0.25) is 4.98 Å². The van der Waals surface area contributed by atoms with Gasteiger partial charge in [0.15, 0.2) is 0 Å². The van der Waals surface area contributed by atoms with Gasteiger partial charge in [0, 0.05) is 17.1 Å². The van der Waals surface area contributed by atoms with E-state index in [9.17, 15) is 9.90 Å². The van der Waals surface area contributed by atoms with Gasteiger partial charge in [0.2, 0.25) is 0 Å². The number of methoxy groups -OCH3 is 1. The third kappa shape index (κ3) is 1.61. The van der Waals surface area contributed by atoms with Crippen LogP contribution in [0.4, 0.5) is 0 Å². The van der Waals surface area contributed by atoms with Gasteiger partial charge in [-0.1, -0.05) is 12.1 Å². The van der Waals surface area contributed by atoms with Gasteiger partial charge in [-0.25, -0.2) is 0 Å². The van der Waals surface area contributed by atoms with Crippen molar-refractivity contribution in [3.8, 4) is 5.75 Å². The Bertz CT molecular complexity index is 522. The molecule has 76 valence electrons. The normalized spacial score (nSPS) is 10.2. The highest BCUT2D eigenvalue weighted by molar-refractivity contribution is 5.93. The van der Waals surface area contributed by atoms with E-state index >= 15 is 0 Å². The lowest BCUT2D eigenvalue weighted by Crippen LogP contribution is -2.22. The van der Waals surface area contributed by atoms with Crippen LogP contribution in [0.25, 0.3) is 10.9 Å². The van der Waals surface area contributed by atoms with Crippen molar-refractivity contribution in [2.24, 2.45) is 0 Å². The number of carbonyl (C=O) groups excluding carboxylic acids is 1. The SMILES string of the molecule is COc1cccc2cc(C(=O)[O-])cnc12. The Balaban J connectivity index is 2.69. The van der Waals surface area contributed by atoms with Crippen LogP contribution in [0.1, 0.15) is 10.4 Å². The van der Waals surface area contributed by atoms with E-state index in [0.29, 0.717) is 11.3 Å². The third-order valence-electron chi connectivity index (χ3n) is 2.13. The summed E-state index contributed by atoms with van der Waals surface area (Å²) in [6.07, 6.45) is 1.26. The highest BCUT2D eigenvalue weighted by Gasteiger charge is 2.03. The van der Waals surface area contributed by atoms with Gasteiger partial charge in [0.1, 0.15) is 11.3 Å². The molecule has 4 heteroatoms. The zero-order chi connectivity index (χ0) is 10.8. The fourth-order valence-corrected chi connectivity index (χ4v) is 1.41. The number of ether oxygens (including phenoxy) is 1. The molecule has 0 saturated carbocycles. The highest BCUT2D eigenvalue weighted by atomic mass is 16.5. The molecule has 0 unspecified atom stereocenters. The van der Waals surface area contributed by atoms with E-state index in [1.54, 1.807) is 25.3 Å². The van der Waals surface area contributed by atoms with Crippen LogP contribution in [0.2, 0.25) is 0 Å². The Hall–Kier alpha value is -2.10. The average molecular weight is 202 g/mol. The molecular weight excluding hydrogens is 194 g/mol. The summed E-state index contributed by atoms with van der Waals surface area (Å²) in [6, 6.07) is 6.84. The summed E-state index contributed by atoms with van der Waals surface area (Å²) in [5.41, 5.74) is 0.709. The van der Waals surface area contributed by atoms with E-state index < -0.39 is 5.97 Å². The molecule has 0 amide bonds. The second-order valence-electron chi connectivity index (χ2n) is 3.04. The molecule has 4 nitrogen and oxygen atoms in total. The van der Waals surface area contributed by atoms with Crippen LogP contribution in [-0.4, -0.2) is 18.1 Å². The summed E-state index contributed by atoms with van der Waals surface area (Å²) >= 11 is 0. The van der Waals surface area contributed by atoms with Gasteiger partial charge >= 0.3 is 0 Å². The van der Waals surface area contributed by atoms with Crippen molar-refractivity contribution in [2.45, 2.75) is 0 Å². The Labute approximate surface area is 86.1 Å². The summed E-state index contributed by atoms with van der Waals surface area (Å²) in [5, 5.41) is 11.3. The number of aromatic carboxylic acids is 1. The van der Waals surface area contributed by atoms with E-state index in [1.807, 2.05) is 0 Å². The molecule has 2 rings (SSSR count). The number of carboxylic acids is 1. The number of benzene rings is 1. The fraction of sp³-hybridized carbons (Fsp3) is 0.0909. The largest absolute Gasteiger partial charge is 0.545 e. The maximum absolute atomic E-state index is 10.6. The summed E-state index contributed by atoms with van der Waals surface area (Å²) in [5.74, 6) is -0.607. The Kier molecular flexibility index (Phi) is 2.25. The van der Waals surface area contributed by atoms with Gasteiger partial charge in [0.05, 0.1) is 13.1 Å². The number of carboxylic acid groups (broad SMARTS) is 1. The average Bonchev–Trinajstić information content (AvgIpc) is 2.27. The summed E-state index contributed by atoms with van der Waals surface area (Å²) in [4.78, 5) is 14.6. The van der Waals surface area contributed by atoms with Crippen molar-refractivity contribution in [3.05, 3.63) is 36.0 Å². The van der Waals surface area contributed by atoms with E-state index in [1.165, 1.54) is 12.3 Å². The number of aromatic nitrogens is 1. The third-order valence-corrected chi connectivity index (χ3v) is 2.13. The van der Waals surface area contributed by atoms with Crippen LogP contribution in [0.5, 0.6) is 5.75 Å². The van der Waals surface area contributed by atoms with Crippen LogP contribution in [-0.2, 0) is 0 Å². The first kappa shape index (κ1) is 9.45. The Morgan fingerprint density at radius 3 is 2.93 bits per heavy atom. The minimum atomic E-state index is -1.23. The number of fused-ring (bicyclic) bond motifs is 1. The number of rotatable bonds is 2. The summed E-state index contributed by atoms with van der Waals surface area (Å²) in [7, 11) is 1.54. The fourth-order valence-electron chi connectivity index (χ4n) is 1.41. The number of pyridine rings is 1. The molecule has 0 aliphatic heterocycles. The topological polar surface area (TPSA) is 62.2 Å². The van der Waals surface area contributed by atoms with Crippen molar-refractivity contribution in [1.29, 1.82) is 0 Å². The minimum absolute atomic E-state index is 0.0655. The number of para-hydroxylation sites is 1. The van der Waals surface area contributed by atoms with Crippen molar-refractivity contribution < 1.29 is 14.6 Å². The first-order valence-electron chi connectivity index (χ1n) is 4.36. The lowest BCUT2D eigenvalue weighted by atomic mass is 10.1. The Morgan fingerprint density at radius 2 is 2.27 bits per heavy atom. The molecular formula is C11H8NO3-. The quantitative estimate of drug-likeness (QED) is 0.715. The van der Waals surface area contributed by atoms with E-state index in [0.717, 1.165) is 5.39 Å². The molecule has 0 atom stereocenters. The molecule has 0 radical (unpaired) electrons. The minimum Gasteiger partial charge on any atom is -0.545 e. The van der Waals surface area contributed by atoms with Crippen molar-refractivity contribution in [2.75, 3.05) is 7.11 Å². The summed E-state index contributed by atoms with van der Waals surface area (Å²) in [6.45, 7) is 0. The molecule has 0 aliphatic carbocycles. The molecule has 1 heterocycles. The van der Waals surface area contributed by atoms with Gasteiger partial charge in [-0.2, -0.15) is 0 Å². The molecule has 2 aromatic rings. The lowest BCUT2D eigenvalue weighted by Gasteiger charge is -2.06. The van der Waals surface area contributed by atoms with Crippen molar-refractivity contribution >= 4 is 16.9 Å². The molecule has 0 fully saturated rings. The van der Waals surface area contributed by atoms with Gasteiger partial charge in [-0.05, 0) is 12.1 Å². The molecule has 15 heavy (non-hydrogen) atoms. The second kappa shape index (κ2) is 3.57. The van der Waals surface area contributed by atoms with Crippen LogP contribution < -0.4 is 9.84 Å². The summed E-state index contributed by atoms with van der Waals surface area (Å²) < 4.78 is 5.10. The van der Waals surface area contributed by atoms with Crippen molar-refractivity contribution in [1.82, 2.24) is 4.98 Å². The van der Waals surface area contributed by atoms with Gasteiger partial charge in [-0.15, -0.1) is 0 Å². The number of hydrogen-bond acceptors (Lipinski definition) is 4. The van der Waals surface area contributed by atoms with Gasteiger partial charge in [0.25, 0.3) is 0 Å². The number of hydrogen-bond donors (Lipinski definition) is 0. The van der Waals surface area contributed by atoms with Crippen LogP contribution in [0, 0.1) is 0 Å². The van der Waals surface area contributed by atoms with Crippen LogP contribution >= 0.6 is 0 Å². The molecule has 1 aromatic carbocycles. The molecule has 0 aliphatic rings. The molecule has 0 saturated heterocycles. The predicted molar refractivity (Wildman–Crippen MR) is 52.6 cm³/mol. The van der Waals surface area contributed by atoms with Crippen molar-refractivity contribution in [3.63, 3.8) is 0 Å². The first-order valence-corrected chi connectivity index (χ1v) is 4.36. The first-order chi connectivity index (χ1) is 7.22. The zero-order valence-electron chi connectivity index (χ0n) is 8.06. The molecule has 0 bridgehead atoms. The molecule has 0 N–H and O–H groups in total. The number of nitrogens with zero attached hydrogens (tertiary/aromatic N) is 1. The Morgan fingerprint density at radius 1 is 1.47 bits per heavy atom. The monoisotopic (exact) mass is 202 g/mol. The van der Waals surface area contributed by atoms with E-state index in [-0.39, 0.29) is 5.56 Å². The van der Waals surface area contributed by atoms with Gasteiger partial charge < -0.3 is 14.6 Å². The number of carbonyl (C=O) groups is 1. The van der Waals surface area contributed by atoms with E-state index in [4.69, 9.17) is 4.74 Å². The zero-order valence-corrected chi connectivity index (χ0v) is 8.06. The predicted octanol–water partition coefficient (Wildman–Crippen LogP) is 0.607. The van der Waals surface area contributed by atoms with Crippen LogP contribution in [0.15, 0.2) is 30.5 Å². The smallest absolute Gasteiger partial charge is 0.145 e. The maximum Gasteiger partial charge on any atom is 0.145 e. The lowest BCUT2D eigenvalue weighted by molar-refractivity contribution is -0.255. The molecule has 0 spiro atoms. The second-order valence-corrected chi connectivity index (χ2v) is 3.04. The maximum atomic E-state index is 10.6.